The average molecular weight is 349 g/mol. The minimum Gasteiger partial charge on any atom is -0.206 e. The van der Waals surface area contributed by atoms with Crippen LogP contribution in [-0.2, 0) is 0 Å². The molecule has 112 valence electrons. The molecule has 1 fully saturated rings. The third-order valence-corrected chi connectivity index (χ3v) is 5.75. The van der Waals surface area contributed by atoms with Gasteiger partial charge < -0.3 is 0 Å². The van der Waals surface area contributed by atoms with E-state index in [0.717, 1.165) is 23.1 Å². The Morgan fingerprint density at radius 1 is 1.00 bits per heavy atom. The molecule has 1 aliphatic rings. The number of halogens is 2. The Morgan fingerprint density at radius 3 is 2.48 bits per heavy atom. The van der Waals surface area contributed by atoms with Crippen LogP contribution in [0.2, 0.25) is 0 Å². The number of hydrogen-bond donors (Lipinski definition) is 0. The van der Waals surface area contributed by atoms with Crippen LogP contribution in [0.15, 0.2) is 36.4 Å². The maximum atomic E-state index is 13.9. The molecule has 0 N–H and O–H groups in total. The Kier molecular flexibility index (Phi) is 4.95. The van der Waals surface area contributed by atoms with Gasteiger partial charge in [-0.15, -0.1) is 0 Å². The van der Waals surface area contributed by atoms with Crippen LogP contribution in [0.5, 0.6) is 0 Å². The van der Waals surface area contributed by atoms with Crippen LogP contribution < -0.4 is 0 Å². The van der Waals surface area contributed by atoms with Crippen molar-refractivity contribution in [2.45, 2.75) is 49.8 Å². The fourth-order valence-electron chi connectivity index (χ4n) is 3.57. The van der Waals surface area contributed by atoms with Crippen LogP contribution in [0.1, 0.15) is 55.3 Å². The first-order valence-electron chi connectivity index (χ1n) is 8.07. The highest BCUT2D eigenvalue weighted by Gasteiger charge is 2.17. The highest BCUT2D eigenvalue weighted by Crippen LogP contribution is 2.37. The van der Waals surface area contributed by atoms with Crippen LogP contribution in [0.25, 0.3) is 10.8 Å². The Balaban J connectivity index is 1.75. The summed E-state index contributed by atoms with van der Waals surface area (Å²) in [5, 5.41) is 1.78. The van der Waals surface area contributed by atoms with E-state index in [1.807, 2.05) is 30.3 Å². The van der Waals surface area contributed by atoms with E-state index in [1.54, 1.807) is 6.07 Å². The van der Waals surface area contributed by atoms with E-state index in [1.165, 1.54) is 44.1 Å². The number of rotatable bonds is 4. The molecule has 21 heavy (non-hydrogen) atoms. The van der Waals surface area contributed by atoms with Gasteiger partial charge in [0.1, 0.15) is 5.82 Å². The average Bonchev–Trinajstić information content (AvgIpc) is 2.54. The molecular formula is C19H22BrF. The Labute approximate surface area is 134 Å². The second-order valence-corrected chi connectivity index (χ2v) is 7.34. The molecule has 0 saturated heterocycles. The van der Waals surface area contributed by atoms with Crippen molar-refractivity contribution in [2.24, 2.45) is 5.92 Å². The van der Waals surface area contributed by atoms with E-state index < -0.39 is 0 Å². The zero-order chi connectivity index (χ0) is 14.7. The minimum atomic E-state index is -0.124. The lowest BCUT2D eigenvalue weighted by Crippen LogP contribution is -2.07. The number of alkyl halides is 1. The van der Waals surface area contributed by atoms with Crippen molar-refractivity contribution in [2.75, 3.05) is 0 Å². The summed E-state index contributed by atoms with van der Waals surface area (Å²) >= 11 is 3.84. The van der Waals surface area contributed by atoms with Crippen LogP contribution in [0.4, 0.5) is 4.39 Å². The van der Waals surface area contributed by atoms with Crippen molar-refractivity contribution in [3.63, 3.8) is 0 Å². The largest absolute Gasteiger partial charge is 0.206 e. The van der Waals surface area contributed by atoms with E-state index in [2.05, 4.69) is 15.9 Å². The molecule has 0 spiro atoms. The molecule has 2 aromatic rings. The highest BCUT2D eigenvalue weighted by molar-refractivity contribution is 9.09. The van der Waals surface area contributed by atoms with E-state index >= 15 is 0 Å². The number of benzene rings is 2. The minimum absolute atomic E-state index is 0.124. The fraction of sp³-hybridized carbons (Fsp3) is 0.474. The van der Waals surface area contributed by atoms with Crippen molar-refractivity contribution in [1.29, 1.82) is 0 Å². The van der Waals surface area contributed by atoms with Gasteiger partial charge in [0.25, 0.3) is 0 Å². The lowest BCUT2D eigenvalue weighted by molar-refractivity contribution is 0.332. The van der Waals surface area contributed by atoms with Crippen LogP contribution in [0.3, 0.4) is 0 Å². The first-order valence-corrected chi connectivity index (χ1v) is 8.98. The van der Waals surface area contributed by atoms with Gasteiger partial charge in [0, 0.05) is 10.2 Å². The summed E-state index contributed by atoms with van der Waals surface area (Å²) < 4.78 is 13.9. The zero-order valence-electron chi connectivity index (χ0n) is 12.3. The summed E-state index contributed by atoms with van der Waals surface area (Å²) in [4.78, 5) is 0.324. The monoisotopic (exact) mass is 348 g/mol. The quantitative estimate of drug-likeness (QED) is 0.534. The summed E-state index contributed by atoms with van der Waals surface area (Å²) in [6.45, 7) is 0. The molecule has 1 unspecified atom stereocenters. The first kappa shape index (κ1) is 15.0. The lowest BCUT2D eigenvalue weighted by Gasteiger charge is -2.23. The predicted molar refractivity (Wildman–Crippen MR) is 91.4 cm³/mol. The van der Waals surface area contributed by atoms with Crippen molar-refractivity contribution in [3.8, 4) is 0 Å². The molecule has 0 nitrogen and oxygen atoms in total. The molecule has 0 heterocycles. The summed E-state index contributed by atoms with van der Waals surface area (Å²) in [5.74, 6) is 0.770. The summed E-state index contributed by atoms with van der Waals surface area (Å²) in [5.41, 5.74) is 1.22. The Morgan fingerprint density at radius 2 is 1.71 bits per heavy atom. The molecule has 0 amide bonds. The third kappa shape index (κ3) is 3.48. The van der Waals surface area contributed by atoms with Gasteiger partial charge in [-0.1, -0.05) is 78.4 Å². The molecule has 3 rings (SSSR count). The maximum Gasteiger partial charge on any atom is 0.131 e. The molecule has 1 aliphatic carbocycles. The third-order valence-electron chi connectivity index (χ3n) is 4.80. The molecule has 2 heteroatoms. The molecular weight excluding hydrogens is 327 g/mol. The van der Waals surface area contributed by atoms with Crippen molar-refractivity contribution < 1.29 is 4.39 Å². The summed E-state index contributed by atoms with van der Waals surface area (Å²) in [6, 6.07) is 11.3. The summed E-state index contributed by atoms with van der Waals surface area (Å²) in [7, 11) is 0. The molecule has 1 atom stereocenters. The molecule has 2 aromatic carbocycles. The van der Waals surface area contributed by atoms with Gasteiger partial charge in [0.05, 0.1) is 0 Å². The topological polar surface area (TPSA) is 0 Å². The van der Waals surface area contributed by atoms with Gasteiger partial charge in [-0.2, -0.15) is 0 Å². The standard InChI is InChI=1S/C19H22BrF/c20-18(12-10-14-6-2-1-3-7-14)16-11-13-19(21)17-9-5-4-8-15(16)17/h4-5,8-9,11,13-14,18H,1-3,6-7,10,12H2. The van der Waals surface area contributed by atoms with E-state index in [-0.39, 0.29) is 5.82 Å². The molecule has 0 bridgehead atoms. The predicted octanol–water partition coefficient (Wildman–Crippen LogP) is 6.78. The lowest BCUT2D eigenvalue weighted by atomic mass is 9.85. The molecule has 1 saturated carbocycles. The molecule has 0 radical (unpaired) electrons. The van der Waals surface area contributed by atoms with Gasteiger partial charge >= 0.3 is 0 Å². The van der Waals surface area contributed by atoms with Crippen LogP contribution in [-0.4, -0.2) is 0 Å². The van der Waals surface area contributed by atoms with Gasteiger partial charge in [-0.3, -0.25) is 0 Å². The van der Waals surface area contributed by atoms with Gasteiger partial charge in [0.15, 0.2) is 0 Å². The van der Waals surface area contributed by atoms with Crippen molar-refractivity contribution in [1.82, 2.24) is 0 Å². The summed E-state index contributed by atoms with van der Waals surface area (Å²) in [6.07, 6.45) is 9.42. The van der Waals surface area contributed by atoms with Crippen molar-refractivity contribution >= 4 is 26.7 Å². The number of hydrogen-bond acceptors (Lipinski definition) is 0. The van der Waals surface area contributed by atoms with Crippen LogP contribution >= 0.6 is 15.9 Å². The fourth-order valence-corrected chi connectivity index (χ4v) is 4.24. The first-order chi connectivity index (χ1) is 10.3. The maximum absolute atomic E-state index is 13.9. The Hall–Kier alpha value is -0.890. The molecule has 0 aromatic heterocycles. The normalized spacial score (nSPS) is 18.0. The van der Waals surface area contributed by atoms with E-state index in [9.17, 15) is 4.39 Å². The second-order valence-electron chi connectivity index (χ2n) is 6.23. The van der Waals surface area contributed by atoms with Crippen molar-refractivity contribution in [3.05, 3.63) is 47.8 Å². The van der Waals surface area contributed by atoms with Crippen LogP contribution in [0, 0.1) is 11.7 Å². The van der Waals surface area contributed by atoms with Gasteiger partial charge in [0.2, 0.25) is 0 Å². The SMILES string of the molecule is Fc1ccc(C(Br)CCC2CCCCC2)c2ccccc12. The molecule has 0 aliphatic heterocycles. The van der Waals surface area contributed by atoms with Gasteiger partial charge in [-0.25, -0.2) is 4.39 Å². The van der Waals surface area contributed by atoms with Gasteiger partial charge in [-0.05, 0) is 35.8 Å². The number of fused-ring (bicyclic) bond motifs is 1. The zero-order valence-corrected chi connectivity index (χ0v) is 13.9. The Bertz CT molecular complexity index is 602. The smallest absolute Gasteiger partial charge is 0.131 e. The van der Waals surface area contributed by atoms with E-state index in [0.29, 0.717) is 4.83 Å². The van der Waals surface area contributed by atoms with E-state index in [4.69, 9.17) is 0 Å². The highest BCUT2D eigenvalue weighted by atomic mass is 79.9. The second kappa shape index (κ2) is 6.91.